The van der Waals surface area contributed by atoms with Gasteiger partial charge in [0.2, 0.25) is 0 Å². The Hall–Kier alpha value is -2.14. The molecule has 1 N–H and O–H groups in total. The fraction of sp³-hybridized carbons (Fsp3) is 0.286. The van der Waals surface area contributed by atoms with Crippen LogP contribution in [0.1, 0.15) is 17.3 Å². The molecule has 0 saturated carbocycles. The quantitative estimate of drug-likeness (QED) is 0.888. The molecule has 0 aliphatic carbocycles. The first-order valence-electron chi connectivity index (χ1n) is 6.09. The van der Waals surface area contributed by atoms with Crippen LogP contribution in [0.25, 0.3) is 5.69 Å². The maximum Gasteiger partial charge on any atom is 0.251 e. The summed E-state index contributed by atoms with van der Waals surface area (Å²) in [5.74, 6) is -0.0956. The number of imidazole rings is 1. The Morgan fingerprint density at radius 1 is 1.42 bits per heavy atom. The zero-order valence-corrected chi connectivity index (χ0v) is 11.0. The van der Waals surface area contributed by atoms with Crippen molar-refractivity contribution in [2.24, 2.45) is 0 Å². The van der Waals surface area contributed by atoms with Crippen LogP contribution in [0.5, 0.6) is 0 Å². The minimum absolute atomic E-state index is 0.00850. The van der Waals surface area contributed by atoms with Gasteiger partial charge >= 0.3 is 0 Å². The van der Waals surface area contributed by atoms with Gasteiger partial charge in [-0.25, -0.2) is 4.98 Å². The van der Waals surface area contributed by atoms with Crippen molar-refractivity contribution < 1.29 is 9.53 Å². The number of amides is 1. The summed E-state index contributed by atoms with van der Waals surface area (Å²) in [6.07, 6.45) is 5.29. The zero-order valence-electron chi connectivity index (χ0n) is 11.0. The summed E-state index contributed by atoms with van der Waals surface area (Å²) in [6.45, 7) is 2.40. The molecule has 2 aromatic rings. The second kappa shape index (κ2) is 6.15. The summed E-state index contributed by atoms with van der Waals surface area (Å²) in [7, 11) is 1.61. The largest absolute Gasteiger partial charge is 0.383 e. The van der Waals surface area contributed by atoms with Crippen LogP contribution in [0, 0.1) is 0 Å². The predicted molar refractivity (Wildman–Crippen MR) is 72.4 cm³/mol. The highest BCUT2D eigenvalue weighted by molar-refractivity contribution is 5.94. The normalized spacial score (nSPS) is 12.1. The predicted octanol–water partition coefficient (Wildman–Crippen LogP) is 1.64. The molecule has 1 amide bonds. The third-order valence-corrected chi connectivity index (χ3v) is 2.73. The van der Waals surface area contributed by atoms with Gasteiger partial charge in [0.25, 0.3) is 5.91 Å². The van der Waals surface area contributed by atoms with Crippen molar-refractivity contribution in [2.75, 3.05) is 13.7 Å². The van der Waals surface area contributed by atoms with Gasteiger partial charge in [-0.15, -0.1) is 0 Å². The molecule has 1 unspecified atom stereocenters. The highest BCUT2D eigenvalue weighted by atomic mass is 16.5. The van der Waals surface area contributed by atoms with Gasteiger partial charge in [-0.1, -0.05) is 0 Å². The van der Waals surface area contributed by atoms with E-state index >= 15 is 0 Å². The number of nitrogens with zero attached hydrogens (tertiary/aromatic N) is 2. The van der Waals surface area contributed by atoms with Crippen molar-refractivity contribution in [3.8, 4) is 5.69 Å². The van der Waals surface area contributed by atoms with Gasteiger partial charge in [0.05, 0.1) is 12.9 Å². The van der Waals surface area contributed by atoms with E-state index in [4.69, 9.17) is 4.74 Å². The van der Waals surface area contributed by atoms with Gasteiger partial charge < -0.3 is 14.6 Å². The second-order valence-electron chi connectivity index (χ2n) is 4.35. The fourth-order valence-electron chi connectivity index (χ4n) is 1.80. The molecule has 5 nitrogen and oxygen atoms in total. The van der Waals surface area contributed by atoms with E-state index in [1.807, 2.05) is 29.8 Å². The van der Waals surface area contributed by atoms with Crippen molar-refractivity contribution in [1.82, 2.24) is 14.9 Å². The van der Waals surface area contributed by atoms with Gasteiger partial charge in [0.1, 0.15) is 0 Å². The van der Waals surface area contributed by atoms with Crippen LogP contribution in [0.2, 0.25) is 0 Å². The first-order valence-corrected chi connectivity index (χ1v) is 6.09. The summed E-state index contributed by atoms with van der Waals surface area (Å²) in [5, 5.41) is 2.87. The Balaban J connectivity index is 2.04. The van der Waals surface area contributed by atoms with E-state index in [1.165, 1.54) is 0 Å². The van der Waals surface area contributed by atoms with Gasteiger partial charge in [0.15, 0.2) is 0 Å². The molecular weight excluding hydrogens is 242 g/mol. The number of hydrogen-bond acceptors (Lipinski definition) is 3. The Kier molecular flexibility index (Phi) is 4.30. The molecule has 0 radical (unpaired) electrons. The molecule has 1 atom stereocenters. The summed E-state index contributed by atoms with van der Waals surface area (Å²) < 4.78 is 6.87. The van der Waals surface area contributed by atoms with Crippen molar-refractivity contribution in [1.29, 1.82) is 0 Å². The third-order valence-electron chi connectivity index (χ3n) is 2.73. The Morgan fingerprint density at radius 2 is 2.16 bits per heavy atom. The summed E-state index contributed by atoms with van der Waals surface area (Å²) in [6, 6.07) is 7.36. The van der Waals surface area contributed by atoms with Crippen molar-refractivity contribution in [3.05, 3.63) is 48.5 Å². The number of methoxy groups -OCH3 is 1. The molecule has 5 heteroatoms. The maximum atomic E-state index is 11.9. The molecule has 0 saturated heterocycles. The molecule has 2 rings (SSSR count). The van der Waals surface area contributed by atoms with Crippen LogP contribution in [-0.2, 0) is 4.74 Å². The Bertz CT molecular complexity index is 520. The minimum atomic E-state index is -0.0956. The van der Waals surface area contributed by atoms with Crippen LogP contribution in [-0.4, -0.2) is 35.2 Å². The van der Waals surface area contributed by atoms with Crippen LogP contribution in [0.15, 0.2) is 43.0 Å². The van der Waals surface area contributed by atoms with Crippen LogP contribution in [0.4, 0.5) is 0 Å². The van der Waals surface area contributed by atoms with Gasteiger partial charge in [-0.2, -0.15) is 0 Å². The molecule has 100 valence electrons. The van der Waals surface area contributed by atoms with E-state index in [-0.39, 0.29) is 11.9 Å². The standard InChI is InChI=1S/C14H17N3O2/c1-11(9-19-2)16-14(18)12-3-5-13(6-4-12)17-8-7-15-10-17/h3-8,10-11H,9H2,1-2H3,(H,16,18). The Labute approximate surface area is 112 Å². The van der Waals surface area contributed by atoms with Crippen molar-refractivity contribution >= 4 is 5.91 Å². The average Bonchev–Trinajstić information content (AvgIpc) is 2.93. The monoisotopic (exact) mass is 259 g/mol. The first-order chi connectivity index (χ1) is 9.20. The topological polar surface area (TPSA) is 56.1 Å². The van der Waals surface area contributed by atoms with E-state index in [2.05, 4.69) is 10.3 Å². The van der Waals surface area contributed by atoms with Crippen LogP contribution in [0.3, 0.4) is 0 Å². The number of rotatable bonds is 5. The molecule has 19 heavy (non-hydrogen) atoms. The van der Waals surface area contributed by atoms with E-state index in [0.29, 0.717) is 12.2 Å². The van der Waals surface area contributed by atoms with E-state index in [9.17, 15) is 4.79 Å². The maximum absolute atomic E-state index is 11.9. The number of carbonyl (C=O) groups is 1. The molecule has 0 spiro atoms. The number of aromatic nitrogens is 2. The zero-order chi connectivity index (χ0) is 13.7. The number of carbonyl (C=O) groups excluding carboxylic acids is 1. The molecule has 0 aliphatic rings. The highest BCUT2D eigenvalue weighted by Crippen LogP contribution is 2.09. The number of benzene rings is 1. The first kappa shape index (κ1) is 13.3. The van der Waals surface area contributed by atoms with E-state index in [0.717, 1.165) is 5.69 Å². The molecule has 0 bridgehead atoms. The summed E-state index contributed by atoms with van der Waals surface area (Å²) in [4.78, 5) is 15.9. The smallest absolute Gasteiger partial charge is 0.251 e. The lowest BCUT2D eigenvalue weighted by Gasteiger charge is -2.12. The van der Waals surface area contributed by atoms with E-state index in [1.54, 1.807) is 31.8 Å². The lowest BCUT2D eigenvalue weighted by Crippen LogP contribution is -2.35. The van der Waals surface area contributed by atoms with Crippen LogP contribution >= 0.6 is 0 Å². The van der Waals surface area contributed by atoms with Gasteiger partial charge in [-0.05, 0) is 31.2 Å². The number of hydrogen-bond donors (Lipinski definition) is 1. The van der Waals surface area contributed by atoms with E-state index < -0.39 is 0 Å². The SMILES string of the molecule is COCC(C)NC(=O)c1ccc(-n2ccnc2)cc1. The molecule has 1 aromatic heterocycles. The summed E-state index contributed by atoms with van der Waals surface area (Å²) in [5.41, 5.74) is 1.60. The highest BCUT2D eigenvalue weighted by Gasteiger charge is 2.09. The molecule has 1 heterocycles. The second-order valence-corrected chi connectivity index (χ2v) is 4.35. The Morgan fingerprint density at radius 3 is 2.74 bits per heavy atom. The molecule has 0 aliphatic heterocycles. The van der Waals surface area contributed by atoms with Crippen LogP contribution < -0.4 is 5.32 Å². The summed E-state index contributed by atoms with van der Waals surface area (Å²) >= 11 is 0. The average molecular weight is 259 g/mol. The lowest BCUT2D eigenvalue weighted by molar-refractivity contribution is 0.0905. The number of ether oxygens (including phenoxy) is 1. The van der Waals surface area contributed by atoms with Crippen molar-refractivity contribution in [2.45, 2.75) is 13.0 Å². The molecular formula is C14H17N3O2. The third kappa shape index (κ3) is 3.42. The minimum Gasteiger partial charge on any atom is -0.383 e. The van der Waals surface area contributed by atoms with Gasteiger partial charge in [-0.3, -0.25) is 4.79 Å². The number of nitrogens with one attached hydrogen (secondary N) is 1. The molecule has 1 aromatic carbocycles. The molecule has 0 fully saturated rings. The van der Waals surface area contributed by atoms with Crippen molar-refractivity contribution in [3.63, 3.8) is 0 Å². The fourth-order valence-corrected chi connectivity index (χ4v) is 1.80. The van der Waals surface area contributed by atoms with Gasteiger partial charge in [0, 0.05) is 36.8 Å². The lowest BCUT2D eigenvalue weighted by atomic mass is 10.2.